The van der Waals surface area contributed by atoms with Crippen molar-refractivity contribution in [3.05, 3.63) is 47.8 Å². The number of aromatic nitrogens is 2. The number of nitrogens with two attached hydrogens (primary N) is 1. The molecule has 2 rings (SSSR count). The molecule has 88 valence electrons. The third-order valence-electron chi connectivity index (χ3n) is 2.42. The molecule has 0 aliphatic heterocycles. The maximum absolute atomic E-state index is 5.55. The van der Waals surface area contributed by atoms with E-state index in [1.165, 1.54) is 16.0 Å². The first-order valence-corrected chi connectivity index (χ1v) is 6.35. The topological polar surface area (TPSA) is 51.8 Å². The molecule has 1 aromatic carbocycles. The Balaban J connectivity index is 2.17. The lowest BCUT2D eigenvalue weighted by molar-refractivity contribution is 0.956. The van der Waals surface area contributed by atoms with Gasteiger partial charge in [0.05, 0.1) is 0 Å². The summed E-state index contributed by atoms with van der Waals surface area (Å²) in [5, 5.41) is 0.780. The monoisotopic (exact) mass is 245 g/mol. The molecule has 2 aromatic rings. The van der Waals surface area contributed by atoms with Crippen molar-refractivity contribution >= 4 is 11.8 Å². The van der Waals surface area contributed by atoms with E-state index >= 15 is 0 Å². The van der Waals surface area contributed by atoms with Crippen molar-refractivity contribution in [3.8, 4) is 0 Å². The van der Waals surface area contributed by atoms with Crippen molar-refractivity contribution in [1.82, 2.24) is 9.97 Å². The molecule has 0 radical (unpaired) electrons. The molecule has 1 heterocycles. The van der Waals surface area contributed by atoms with Crippen LogP contribution in [0, 0.1) is 6.92 Å². The largest absolute Gasteiger partial charge is 0.330 e. The van der Waals surface area contributed by atoms with Crippen LogP contribution in [0.15, 0.2) is 46.7 Å². The van der Waals surface area contributed by atoms with Gasteiger partial charge >= 0.3 is 0 Å². The van der Waals surface area contributed by atoms with Crippen LogP contribution in [0.2, 0.25) is 0 Å². The van der Waals surface area contributed by atoms with Gasteiger partial charge in [-0.15, -0.1) is 0 Å². The van der Waals surface area contributed by atoms with Crippen LogP contribution in [0.3, 0.4) is 0 Å². The van der Waals surface area contributed by atoms with E-state index in [0.29, 0.717) is 6.54 Å². The van der Waals surface area contributed by atoms with Crippen LogP contribution < -0.4 is 5.73 Å². The van der Waals surface area contributed by atoms with Gasteiger partial charge in [-0.25, -0.2) is 9.97 Å². The van der Waals surface area contributed by atoms with Gasteiger partial charge in [-0.3, -0.25) is 0 Å². The summed E-state index contributed by atoms with van der Waals surface area (Å²) in [5.74, 6) is 0. The van der Waals surface area contributed by atoms with Crippen LogP contribution in [0.25, 0.3) is 0 Å². The van der Waals surface area contributed by atoms with Crippen molar-refractivity contribution in [2.75, 3.05) is 6.54 Å². The third kappa shape index (κ3) is 3.28. The molecule has 2 N–H and O–H groups in total. The predicted molar refractivity (Wildman–Crippen MR) is 70.1 cm³/mol. The van der Waals surface area contributed by atoms with E-state index in [0.717, 1.165) is 11.6 Å². The molecule has 0 aliphatic carbocycles. The first kappa shape index (κ1) is 12.1. The van der Waals surface area contributed by atoms with E-state index < -0.39 is 0 Å². The number of benzene rings is 1. The number of hydrogen-bond acceptors (Lipinski definition) is 4. The Morgan fingerprint density at radius 3 is 2.65 bits per heavy atom. The second kappa shape index (κ2) is 5.80. The fourth-order valence-corrected chi connectivity index (χ4v) is 2.36. The molecule has 0 saturated heterocycles. The summed E-state index contributed by atoms with van der Waals surface area (Å²) in [5.41, 5.74) is 8.07. The van der Waals surface area contributed by atoms with Crippen LogP contribution >= 0.6 is 11.8 Å². The highest BCUT2D eigenvalue weighted by Gasteiger charge is 2.03. The Labute approximate surface area is 105 Å². The lowest BCUT2D eigenvalue weighted by Crippen LogP contribution is -2.02. The molecule has 0 bridgehead atoms. The first-order valence-electron chi connectivity index (χ1n) is 5.54. The lowest BCUT2D eigenvalue weighted by atomic mass is 10.1. The first-order chi connectivity index (χ1) is 8.29. The van der Waals surface area contributed by atoms with Crippen LogP contribution in [0.5, 0.6) is 0 Å². The highest BCUT2D eigenvalue weighted by molar-refractivity contribution is 7.99. The lowest BCUT2D eigenvalue weighted by Gasteiger charge is -2.06. The number of hydrogen-bond donors (Lipinski definition) is 1. The molecule has 0 amide bonds. The van der Waals surface area contributed by atoms with Gasteiger partial charge in [0.1, 0.15) is 0 Å². The Bertz CT molecular complexity index is 485. The average Bonchev–Trinajstić information content (AvgIpc) is 2.34. The van der Waals surface area contributed by atoms with E-state index in [-0.39, 0.29) is 0 Å². The zero-order valence-electron chi connectivity index (χ0n) is 9.76. The maximum Gasteiger partial charge on any atom is 0.192 e. The SMILES string of the molecule is Cc1cc(CCN)ccc1Sc1ncccn1. The quantitative estimate of drug-likeness (QED) is 0.841. The molecule has 0 fully saturated rings. The molecular formula is C13H15N3S. The number of nitrogens with zero attached hydrogens (tertiary/aromatic N) is 2. The number of aryl methyl sites for hydroxylation is 1. The Kier molecular flexibility index (Phi) is 4.12. The van der Waals surface area contributed by atoms with Crippen LogP contribution in [0.1, 0.15) is 11.1 Å². The van der Waals surface area contributed by atoms with E-state index in [2.05, 4.69) is 35.1 Å². The van der Waals surface area contributed by atoms with Crippen molar-refractivity contribution in [1.29, 1.82) is 0 Å². The molecule has 0 atom stereocenters. The van der Waals surface area contributed by atoms with E-state index in [1.54, 1.807) is 24.2 Å². The smallest absolute Gasteiger partial charge is 0.192 e. The van der Waals surface area contributed by atoms with Gasteiger partial charge in [0.2, 0.25) is 0 Å². The van der Waals surface area contributed by atoms with Crippen molar-refractivity contribution < 1.29 is 0 Å². The Morgan fingerprint density at radius 1 is 1.24 bits per heavy atom. The Hall–Kier alpha value is -1.39. The average molecular weight is 245 g/mol. The minimum atomic E-state index is 0.688. The van der Waals surface area contributed by atoms with Crippen LogP contribution in [-0.2, 0) is 6.42 Å². The van der Waals surface area contributed by atoms with Gasteiger partial charge in [-0.1, -0.05) is 12.1 Å². The summed E-state index contributed by atoms with van der Waals surface area (Å²) in [7, 11) is 0. The zero-order valence-corrected chi connectivity index (χ0v) is 10.6. The second-order valence-corrected chi connectivity index (χ2v) is 4.78. The fraction of sp³-hybridized carbons (Fsp3) is 0.231. The van der Waals surface area contributed by atoms with Gasteiger partial charge < -0.3 is 5.73 Å². The van der Waals surface area contributed by atoms with E-state index in [4.69, 9.17) is 5.73 Å². The second-order valence-electron chi connectivity index (χ2n) is 3.77. The minimum absolute atomic E-state index is 0.688. The summed E-state index contributed by atoms with van der Waals surface area (Å²) in [6.07, 6.45) is 4.44. The zero-order chi connectivity index (χ0) is 12.1. The summed E-state index contributed by atoms with van der Waals surface area (Å²) in [6, 6.07) is 8.23. The van der Waals surface area contributed by atoms with Crippen LogP contribution in [0.4, 0.5) is 0 Å². The molecule has 0 spiro atoms. The molecule has 4 heteroatoms. The highest BCUT2D eigenvalue weighted by atomic mass is 32.2. The van der Waals surface area contributed by atoms with Crippen LogP contribution in [-0.4, -0.2) is 16.5 Å². The predicted octanol–water partition coefficient (Wildman–Crippen LogP) is 2.44. The molecule has 0 saturated carbocycles. The standard InChI is InChI=1S/C13H15N3S/c1-10-9-11(5-6-14)3-4-12(10)17-13-15-7-2-8-16-13/h2-4,7-9H,5-6,14H2,1H3. The minimum Gasteiger partial charge on any atom is -0.330 e. The summed E-state index contributed by atoms with van der Waals surface area (Å²) >= 11 is 1.59. The number of rotatable bonds is 4. The summed E-state index contributed by atoms with van der Waals surface area (Å²) in [6.45, 7) is 2.79. The highest BCUT2D eigenvalue weighted by Crippen LogP contribution is 2.27. The van der Waals surface area contributed by atoms with Gasteiger partial charge in [0.25, 0.3) is 0 Å². The summed E-state index contributed by atoms with van der Waals surface area (Å²) in [4.78, 5) is 9.60. The Morgan fingerprint density at radius 2 is 2.00 bits per heavy atom. The maximum atomic E-state index is 5.55. The summed E-state index contributed by atoms with van der Waals surface area (Å²) < 4.78 is 0. The molecule has 0 unspecified atom stereocenters. The fourth-order valence-electron chi connectivity index (χ4n) is 1.58. The molecule has 0 aliphatic rings. The van der Waals surface area contributed by atoms with Gasteiger partial charge in [-0.2, -0.15) is 0 Å². The van der Waals surface area contributed by atoms with Gasteiger partial charge in [-0.05, 0) is 54.9 Å². The van der Waals surface area contributed by atoms with Gasteiger partial charge in [0.15, 0.2) is 5.16 Å². The van der Waals surface area contributed by atoms with Crippen molar-refractivity contribution in [2.45, 2.75) is 23.4 Å². The van der Waals surface area contributed by atoms with Crippen molar-refractivity contribution in [3.63, 3.8) is 0 Å². The third-order valence-corrected chi connectivity index (χ3v) is 3.49. The van der Waals surface area contributed by atoms with E-state index in [1.807, 2.05) is 6.07 Å². The molecular weight excluding hydrogens is 230 g/mol. The van der Waals surface area contributed by atoms with Gasteiger partial charge in [0, 0.05) is 17.3 Å². The van der Waals surface area contributed by atoms with Crippen molar-refractivity contribution in [2.24, 2.45) is 5.73 Å². The van der Waals surface area contributed by atoms with E-state index in [9.17, 15) is 0 Å². The molecule has 17 heavy (non-hydrogen) atoms. The molecule has 1 aromatic heterocycles. The normalized spacial score (nSPS) is 10.5. The molecule has 3 nitrogen and oxygen atoms in total.